The summed E-state index contributed by atoms with van der Waals surface area (Å²) in [6, 6.07) is 0. The van der Waals surface area contributed by atoms with Gasteiger partial charge in [-0.25, -0.2) is 0 Å². The van der Waals surface area contributed by atoms with Crippen molar-refractivity contribution in [2.75, 3.05) is 0 Å². The van der Waals surface area contributed by atoms with Gasteiger partial charge >= 0.3 is 5.69 Å². The lowest BCUT2D eigenvalue weighted by Gasteiger charge is -2.07. The fourth-order valence-corrected chi connectivity index (χ4v) is 1.75. The minimum Gasteiger partial charge on any atom is -0.393 e. The molecule has 17 heavy (non-hydrogen) atoms. The Morgan fingerprint density at radius 2 is 2.12 bits per heavy atom. The van der Waals surface area contributed by atoms with Gasteiger partial charge in [0.05, 0.1) is 11.0 Å². The average molecular weight is 241 g/mol. The molecule has 0 saturated heterocycles. The molecule has 0 saturated carbocycles. The number of hydrogen-bond acceptors (Lipinski definition) is 4. The van der Waals surface area contributed by atoms with Crippen molar-refractivity contribution in [2.45, 2.75) is 45.6 Å². The van der Waals surface area contributed by atoms with Gasteiger partial charge in [0.2, 0.25) is 0 Å². The van der Waals surface area contributed by atoms with E-state index in [-0.39, 0.29) is 18.0 Å². The van der Waals surface area contributed by atoms with Gasteiger partial charge in [0.25, 0.3) is 0 Å². The van der Waals surface area contributed by atoms with Gasteiger partial charge in [-0.3, -0.25) is 14.8 Å². The Morgan fingerprint density at radius 1 is 1.53 bits per heavy atom. The summed E-state index contributed by atoms with van der Waals surface area (Å²) in [6.07, 6.45) is 0.270. The number of aliphatic hydroxyl groups excluding tert-OH is 1. The number of nitro groups is 1. The summed E-state index contributed by atoms with van der Waals surface area (Å²) < 4.78 is 1.51. The first-order chi connectivity index (χ1) is 7.88. The van der Waals surface area contributed by atoms with Crippen LogP contribution in [0.3, 0.4) is 0 Å². The van der Waals surface area contributed by atoms with Crippen LogP contribution in [0.25, 0.3) is 0 Å². The fraction of sp³-hybridized carbons (Fsp3) is 0.727. The van der Waals surface area contributed by atoms with Crippen molar-refractivity contribution < 1.29 is 10.0 Å². The zero-order valence-corrected chi connectivity index (χ0v) is 10.7. The monoisotopic (exact) mass is 241 g/mol. The van der Waals surface area contributed by atoms with Crippen LogP contribution in [0.15, 0.2) is 0 Å². The van der Waals surface area contributed by atoms with E-state index in [0.717, 1.165) is 0 Å². The molecule has 1 heterocycles. The molecule has 0 aliphatic rings. The minimum absolute atomic E-state index is 0.00545. The molecule has 96 valence electrons. The van der Waals surface area contributed by atoms with E-state index in [0.29, 0.717) is 17.8 Å². The van der Waals surface area contributed by atoms with Crippen LogP contribution in [0, 0.1) is 10.1 Å². The molecule has 0 radical (unpaired) electrons. The number of hydrogen-bond donors (Lipinski definition) is 1. The van der Waals surface area contributed by atoms with Crippen LogP contribution in [-0.4, -0.2) is 25.9 Å². The molecule has 1 unspecified atom stereocenters. The summed E-state index contributed by atoms with van der Waals surface area (Å²) in [5, 5.41) is 24.9. The first-order valence-corrected chi connectivity index (χ1v) is 5.76. The predicted octanol–water partition coefficient (Wildman–Crippen LogP) is 1.77. The highest BCUT2D eigenvalue weighted by Gasteiger charge is 2.28. The van der Waals surface area contributed by atoms with E-state index in [1.54, 1.807) is 7.05 Å². The lowest BCUT2D eigenvalue weighted by atomic mass is 10.1. The van der Waals surface area contributed by atoms with Crippen LogP contribution in [0.5, 0.6) is 0 Å². The summed E-state index contributed by atoms with van der Waals surface area (Å²) in [5.41, 5.74) is 1.03. The molecule has 0 spiro atoms. The van der Waals surface area contributed by atoms with Crippen molar-refractivity contribution in [3.63, 3.8) is 0 Å². The molecule has 0 bridgehead atoms. The van der Waals surface area contributed by atoms with Crippen molar-refractivity contribution in [1.29, 1.82) is 0 Å². The maximum absolute atomic E-state index is 11.1. The molecule has 1 atom stereocenters. The second-order valence-electron chi connectivity index (χ2n) is 4.48. The lowest BCUT2D eigenvalue weighted by molar-refractivity contribution is -0.386. The van der Waals surface area contributed by atoms with Gasteiger partial charge in [-0.1, -0.05) is 20.8 Å². The minimum atomic E-state index is -0.566. The Balaban J connectivity index is 3.23. The van der Waals surface area contributed by atoms with Gasteiger partial charge < -0.3 is 5.11 Å². The molecular formula is C11H19N3O3. The molecule has 1 aromatic rings. The molecule has 0 amide bonds. The Kier molecular flexibility index (Phi) is 4.22. The first-order valence-electron chi connectivity index (χ1n) is 5.76. The lowest BCUT2D eigenvalue weighted by Crippen LogP contribution is -2.13. The standard InChI is InChI=1S/C11H19N3O3/c1-5-8(15)6-9-11(14(16)17)10(7(2)3)12-13(9)4/h7-8,15H,5-6H2,1-4H3. The molecule has 0 aliphatic carbocycles. The van der Waals surface area contributed by atoms with Crippen molar-refractivity contribution in [2.24, 2.45) is 7.05 Å². The van der Waals surface area contributed by atoms with Gasteiger partial charge in [0, 0.05) is 19.4 Å². The van der Waals surface area contributed by atoms with Gasteiger partial charge in [0.1, 0.15) is 11.4 Å². The molecule has 0 aromatic carbocycles. The van der Waals surface area contributed by atoms with Crippen LogP contribution in [0.1, 0.15) is 44.5 Å². The molecule has 1 aromatic heterocycles. The Hall–Kier alpha value is -1.43. The van der Waals surface area contributed by atoms with E-state index in [1.165, 1.54) is 4.68 Å². The Labute approximate surface area is 100 Å². The van der Waals surface area contributed by atoms with E-state index in [2.05, 4.69) is 5.10 Å². The number of aryl methyl sites for hydroxylation is 1. The highest BCUT2D eigenvalue weighted by atomic mass is 16.6. The molecule has 0 fully saturated rings. The van der Waals surface area contributed by atoms with Crippen molar-refractivity contribution >= 4 is 5.69 Å². The van der Waals surface area contributed by atoms with Crippen LogP contribution in [0.4, 0.5) is 5.69 Å². The summed E-state index contributed by atoms with van der Waals surface area (Å²) in [6.45, 7) is 5.58. The molecule has 6 nitrogen and oxygen atoms in total. The third-order valence-electron chi connectivity index (χ3n) is 2.79. The highest BCUT2D eigenvalue weighted by Crippen LogP contribution is 2.29. The summed E-state index contributed by atoms with van der Waals surface area (Å²) in [4.78, 5) is 10.7. The maximum atomic E-state index is 11.1. The second kappa shape index (κ2) is 5.27. The summed E-state index contributed by atoms with van der Waals surface area (Å²) in [5.74, 6) is -0.00545. The molecular weight excluding hydrogens is 222 g/mol. The van der Waals surface area contributed by atoms with Crippen LogP contribution < -0.4 is 0 Å². The Morgan fingerprint density at radius 3 is 2.53 bits per heavy atom. The predicted molar refractivity (Wildman–Crippen MR) is 64.0 cm³/mol. The maximum Gasteiger partial charge on any atom is 0.313 e. The van der Waals surface area contributed by atoms with E-state index in [4.69, 9.17) is 0 Å². The second-order valence-corrected chi connectivity index (χ2v) is 4.48. The van der Waals surface area contributed by atoms with Gasteiger partial charge in [0.15, 0.2) is 0 Å². The van der Waals surface area contributed by atoms with Crippen molar-refractivity contribution in [1.82, 2.24) is 9.78 Å². The van der Waals surface area contributed by atoms with Crippen LogP contribution in [-0.2, 0) is 13.5 Å². The van der Waals surface area contributed by atoms with Crippen molar-refractivity contribution in [3.8, 4) is 0 Å². The summed E-state index contributed by atoms with van der Waals surface area (Å²) >= 11 is 0. The number of aromatic nitrogens is 2. The van der Waals surface area contributed by atoms with Crippen molar-refractivity contribution in [3.05, 3.63) is 21.5 Å². The zero-order chi connectivity index (χ0) is 13.2. The third kappa shape index (κ3) is 2.82. The van der Waals surface area contributed by atoms with Gasteiger partial charge in [-0.2, -0.15) is 5.10 Å². The number of aliphatic hydroxyl groups is 1. The van der Waals surface area contributed by atoms with E-state index < -0.39 is 11.0 Å². The van der Waals surface area contributed by atoms with Gasteiger partial charge in [-0.05, 0) is 6.42 Å². The number of nitrogens with zero attached hydrogens (tertiary/aromatic N) is 3. The Bertz CT molecular complexity index is 412. The van der Waals surface area contributed by atoms with Crippen LogP contribution in [0.2, 0.25) is 0 Å². The van der Waals surface area contributed by atoms with E-state index in [9.17, 15) is 15.2 Å². The summed E-state index contributed by atoms with van der Waals surface area (Å²) in [7, 11) is 1.68. The highest BCUT2D eigenvalue weighted by molar-refractivity contribution is 5.43. The van der Waals surface area contributed by atoms with Crippen LogP contribution >= 0.6 is 0 Å². The average Bonchev–Trinajstić information content (AvgIpc) is 2.56. The quantitative estimate of drug-likeness (QED) is 0.629. The number of rotatable bonds is 5. The topological polar surface area (TPSA) is 81.2 Å². The van der Waals surface area contributed by atoms with Gasteiger partial charge in [-0.15, -0.1) is 0 Å². The SMILES string of the molecule is CCC(O)Cc1c([N+](=O)[O-])c(C(C)C)nn1C. The molecule has 1 rings (SSSR count). The smallest absolute Gasteiger partial charge is 0.313 e. The molecule has 6 heteroatoms. The normalized spacial score (nSPS) is 13.1. The zero-order valence-electron chi connectivity index (χ0n) is 10.7. The molecule has 0 aliphatic heterocycles. The largest absolute Gasteiger partial charge is 0.393 e. The first kappa shape index (κ1) is 13.6. The van der Waals surface area contributed by atoms with E-state index >= 15 is 0 Å². The van der Waals surface area contributed by atoms with E-state index in [1.807, 2.05) is 20.8 Å². The molecule has 1 N–H and O–H groups in total. The third-order valence-corrected chi connectivity index (χ3v) is 2.79. The fourth-order valence-electron chi connectivity index (χ4n) is 1.75.